The number of carbonyl (C=O) groups excluding carboxylic acids is 1. The maximum Gasteiger partial charge on any atom is 0.261 e. The van der Waals surface area contributed by atoms with E-state index in [1.165, 1.54) is 30.3 Å². The Balaban J connectivity index is 1.62. The minimum absolute atomic E-state index is 0.0796. The van der Waals surface area contributed by atoms with E-state index in [1.807, 2.05) is 13.8 Å². The summed E-state index contributed by atoms with van der Waals surface area (Å²) in [7, 11) is -3.76. The van der Waals surface area contributed by atoms with Gasteiger partial charge in [-0.15, -0.1) is 0 Å². The maximum atomic E-state index is 12.6. The first kappa shape index (κ1) is 21.2. The Morgan fingerprint density at radius 1 is 1.00 bits per heavy atom. The van der Waals surface area contributed by atoms with Crippen LogP contribution in [0.3, 0.4) is 0 Å². The first-order valence-electron chi connectivity index (χ1n) is 9.27. The Hall–Kier alpha value is -3.52. The van der Waals surface area contributed by atoms with Gasteiger partial charge in [-0.05, 0) is 80.6 Å². The van der Waals surface area contributed by atoms with Crippen LogP contribution in [0, 0.1) is 6.92 Å². The van der Waals surface area contributed by atoms with Gasteiger partial charge in [0.05, 0.1) is 11.5 Å². The predicted octanol–water partition coefficient (Wildman–Crippen LogP) is 4.44. The van der Waals surface area contributed by atoms with E-state index in [1.54, 1.807) is 42.5 Å². The second-order valence-electron chi connectivity index (χ2n) is 6.36. The summed E-state index contributed by atoms with van der Waals surface area (Å²) in [6, 6.07) is 16.1. The Labute approximate surface area is 175 Å². The molecule has 0 saturated heterocycles. The lowest BCUT2D eigenvalue weighted by Gasteiger charge is -2.10. The Morgan fingerprint density at radius 2 is 1.67 bits per heavy atom. The molecule has 0 spiro atoms. The van der Waals surface area contributed by atoms with Crippen molar-refractivity contribution in [2.75, 3.05) is 16.6 Å². The number of benzene rings is 2. The molecule has 1 heterocycles. The van der Waals surface area contributed by atoms with Crippen molar-refractivity contribution in [3.8, 4) is 5.75 Å². The van der Waals surface area contributed by atoms with Crippen LogP contribution in [0.25, 0.3) is 6.08 Å². The summed E-state index contributed by atoms with van der Waals surface area (Å²) in [5, 5.41) is 2.67. The molecule has 0 aliphatic carbocycles. The molecule has 0 unspecified atom stereocenters. The zero-order chi connectivity index (χ0) is 21.6. The van der Waals surface area contributed by atoms with Crippen LogP contribution in [-0.2, 0) is 14.8 Å². The zero-order valence-corrected chi connectivity index (χ0v) is 17.4. The van der Waals surface area contributed by atoms with Crippen LogP contribution in [0.15, 0.2) is 76.1 Å². The van der Waals surface area contributed by atoms with Crippen LogP contribution in [-0.4, -0.2) is 20.9 Å². The first-order valence-corrected chi connectivity index (χ1v) is 10.8. The molecule has 2 aromatic carbocycles. The van der Waals surface area contributed by atoms with Crippen LogP contribution < -0.4 is 14.8 Å². The molecule has 0 aliphatic rings. The molecule has 1 aromatic heterocycles. The summed E-state index contributed by atoms with van der Waals surface area (Å²) in [5.41, 5.74) is 0.898. The van der Waals surface area contributed by atoms with E-state index >= 15 is 0 Å². The molecule has 7 nitrogen and oxygen atoms in total. The van der Waals surface area contributed by atoms with Gasteiger partial charge in [0.2, 0.25) is 5.91 Å². The quantitative estimate of drug-likeness (QED) is 0.519. The molecule has 30 heavy (non-hydrogen) atoms. The fourth-order valence-electron chi connectivity index (χ4n) is 2.60. The third-order valence-electron chi connectivity index (χ3n) is 4.01. The van der Waals surface area contributed by atoms with Crippen LogP contribution in [0.1, 0.15) is 18.4 Å². The summed E-state index contributed by atoms with van der Waals surface area (Å²) in [6.45, 7) is 4.23. The molecule has 0 saturated carbocycles. The molecule has 0 bridgehead atoms. The zero-order valence-electron chi connectivity index (χ0n) is 16.6. The highest BCUT2D eigenvalue weighted by Crippen LogP contribution is 2.21. The number of nitrogens with one attached hydrogen (secondary N) is 2. The lowest BCUT2D eigenvalue weighted by atomic mass is 10.3. The third-order valence-corrected chi connectivity index (χ3v) is 5.41. The number of furan rings is 1. The maximum absolute atomic E-state index is 12.6. The van der Waals surface area contributed by atoms with E-state index in [0.717, 1.165) is 5.76 Å². The second kappa shape index (κ2) is 9.32. The van der Waals surface area contributed by atoms with Crippen molar-refractivity contribution in [2.24, 2.45) is 0 Å². The van der Waals surface area contributed by atoms with Crippen LogP contribution >= 0.6 is 0 Å². The fourth-order valence-corrected chi connectivity index (χ4v) is 3.66. The van der Waals surface area contributed by atoms with Crippen molar-refractivity contribution in [1.29, 1.82) is 0 Å². The monoisotopic (exact) mass is 426 g/mol. The van der Waals surface area contributed by atoms with Gasteiger partial charge in [-0.1, -0.05) is 0 Å². The van der Waals surface area contributed by atoms with Gasteiger partial charge < -0.3 is 14.5 Å². The predicted molar refractivity (Wildman–Crippen MR) is 116 cm³/mol. The highest BCUT2D eigenvalue weighted by atomic mass is 32.2. The Bertz CT molecular complexity index is 1130. The molecule has 3 aromatic rings. The number of sulfonamides is 1. The molecule has 0 aliphatic heterocycles. The summed E-state index contributed by atoms with van der Waals surface area (Å²) in [5.74, 6) is 1.64. The second-order valence-corrected chi connectivity index (χ2v) is 8.04. The Morgan fingerprint density at radius 3 is 2.27 bits per heavy atom. The number of hydrogen-bond donors (Lipinski definition) is 2. The minimum Gasteiger partial charge on any atom is -0.494 e. The molecule has 0 atom stereocenters. The van der Waals surface area contributed by atoms with Gasteiger partial charge in [0, 0.05) is 17.5 Å². The van der Waals surface area contributed by atoms with E-state index in [-0.39, 0.29) is 10.8 Å². The molecule has 2 N–H and O–H groups in total. The number of anilines is 2. The number of aryl methyl sites for hydroxylation is 1. The van der Waals surface area contributed by atoms with Crippen LogP contribution in [0.4, 0.5) is 11.4 Å². The van der Waals surface area contributed by atoms with E-state index in [2.05, 4.69) is 10.0 Å². The van der Waals surface area contributed by atoms with Gasteiger partial charge in [0.25, 0.3) is 10.0 Å². The molecule has 8 heteroatoms. The van der Waals surface area contributed by atoms with Crippen molar-refractivity contribution in [3.63, 3.8) is 0 Å². The summed E-state index contributed by atoms with van der Waals surface area (Å²) in [6.07, 6.45) is 2.90. The topological polar surface area (TPSA) is 97.6 Å². The fraction of sp³-hybridized carbons (Fsp3) is 0.136. The van der Waals surface area contributed by atoms with Crippen molar-refractivity contribution in [2.45, 2.75) is 18.7 Å². The van der Waals surface area contributed by atoms with E-state index in [4.69, 9.17) is 9.15 Å². The molecule has 0 radical (unpaired) electrons. The SMILES string of the molecule is CCOc1ccc(NS(=O)(=O)c2ccc(NC(=O)/C=C/c3ccc(C)o3)cc2)cc1. The average molecular weight is 426 g/mol. The number of ether oxygens (including phenoxy) is 1. The first-order chi connectivity index (χ1) is 14.4. The summed E-state index contributed by atoms with van der Waals surface area (Å²) in [4.78, 5) is 12.1. The van der Waals surface area contributed by atoms with Gasteiger partial charge in [-0.25, -0.2) is 8.42 Å². The molecular formula is C22H22N2O5S. The third kappa shape index (κ3) is 5.74. The van der Waals surface area contributed by atoms with E-state index in [9.17, 15) is 13.2 Å². The van der Waals surface area contributed by atoms with Crippen molar-refractivity contribution >= 4 is 33.4 Å². The molecule has 0 fully saturated rings. The lowest BCUT2D eigenvalue weighted by Crippen LogP contribution is -2.13. The van der Waals surface area contributed by atoms with Gasteiger partial charge in [0.1, 0.15) is 17.3 Å². The minimum atomic E-state index is -3.76. The largest absolute Gasteiger partial charge is 0.494 e. The van der Waals surface area contributed by atoms with Gasteiger partial charge in [-0.2, -0.15) is 0 Å². The standard InChI is InChI=1S/C22H22N2O5S/c1-3-28-19-10-5-18(6-11-19)24-30(26,27)21-13-7-17(8-14-21)23-22(25)15-12-20-9-4-16(2)29-20/h4-15,24H,3H2,1-2H3,(H,23,25)/b15-12+. The highest BCUT2D eigenvalue weighted by Gasteiger charge is 2.14. The van der Waals surface area contributed by atoms with Gasteiger partial charge in [-0.3, -0.25) is 9.52 Å². The lowest BCUT2D eigenvalue weighted by molar-refractivity contribution is -0.111. The van der Waals surface area contributed by atoms with Crippen molar-refractivity contribution in [3.05, 3.63) is 78.3 Å². The number of carbonyl (C=O) groups is 1. The van der Waals surface area contributed by atoms with Gasteiger partial charge >= 0.3 is 0 Å². The smallest absolute Gasteiger partial charge is 0.261 e. The molecule has 1 amide bonds. The number of hydrogen-bond acceptors (Lipinski definition) is 5. The average Bonchev–Trinajstić information content (AvgIpc) is 3.14. The Kier molecular flexibility index (Phi) is 6.58. The molecular weight excluding hydrogens is 404 g/mol. The van der Waals surface area contributed by atoms with Crippen molar-refractivity contribution in [1.82, 2.24) is 0 Å². The summed E-state index contributed by atoms with van der Waals surface area (Å²) >= 11 is 0. The van der Waals surface area contributed by atoms with Crippen molar-refractivity contribution < 1.29 is 22.4 Å². The van der Waals surface area contributed by atoms with E-state index in [0.29, 0.717) is 29.5 Å². The normalized spacial score (nSPS) is 11.4. The molecule has 156 valence electrons. The van der Waals surface area contributed by atoms with Gasteiger partial charge in [0.15, 0.2) is 0 Å². The summed E-state index contributed by atoms with van der Waals surface area (Å²) < 4.78 is 38.3. The van der Waals surface area contributed by atoms with Crippen LogP contribution in [0.2, 0.25) is 0 Å². The van der Waals surface area contributed by atoms with E-state index < -0.39 is 10.0 Å². The highest BCUT2D eigenvalue weighted by molar-refractivity contribution is 7.92. The number of amides is 1. The van der Waals surface area contributed by atoms with Crippen LogP contribution in [0.5, 0.6) is 5.75 Å². The molecule has 3 rings (SSSR count). The number of rotatable bonds is 8.